The number of rotatable bonds is 3. The van der Waals surface area contributed by atoms with Crippen LogP contribution in [-0.2, 0) is 9.47 Å². The molecule has 1 aromatic rings. The Morgan fingerprint density at radius 3 is 2.50 bits per heavy atom. The van der Waals surface area contributed by atoms with Crippen molar-refractivity contribution in [2.45, 2.75) is 6.92 Å². The van der Waals surface area contributed by atoms with Crippen LogP contribution in [0, 0.1) is 0 Å². The van der Waals surface area contributed by atoms with E-state index in [-0.39, 0.29) is 17.7 Å². The zero-order valence-electron chi connectivity index (χ0n) is 8.95. The van der Waals surface area contributed by atoms with Gasteiger partial charge in [-0.1, -0.05) is 15.9 Å². The molecule has 1 aromatic carbocycles. The Kier molecular flexibility index (Phi) is 4.49. The molecule has 0 saturated carbocycles. The minimum atomic E-state index is -0.560. The molecule has 0 radical (unpaired) electrons. The molecule has 0 fully saturated rings. The molecule has 5 heteroatoms. The summed E-state index contributed by atoms with van der Waals surface area (Å²) in [6, 6.07) is 4.71. The molecule has 0 aliphatic rings. The Morgan fingerprint density at radius 2 is 1.94 bits per heavy atom. The molecular weight excluding hydrogens is 276 g/mol. The molecule has 0 aliphatic carbocycles. The van der Waals surface area contributed by atoms with Gasteiger partial charge < -0.3 is 9.47 Å². The number of carbonyl (C=O) groups excluding carboxylic acids is 2. The third-order valence-corrected chi connectivity index (χ3v) is 2.38. The average molecular weight is 287 g/mol. The first kappa shape index (κ1) is 12.7. The first-order valence-corrected chi connectivity index (χ1v) is 5.44. The topological polar surface area (TPSA) is 52.6 Å². The lowest BCUT2D eigenvalue weighted by Gasteiger charge is -2.07. The van der Waals surface area contributed by atoms with Crippen LogP contribution in [0.2, 0.25) is 0 Å². The van der Waals surface area contributed by atoms with Gasteiger partial charge in [0.25, 0.3) is 0 Å². The monoisotopic (exact) mass is 286 g/mol. The standard InChI is InChI=1S/C11H11BrO4/c1-3-16-11(14)9-6-7(12)4-5-8(9)10(13)15-2/h4-6H,3H2,1-2H3. The molecule has 4 nitrogen and oxygen atoms in total. The predicted octanol–water partition coefficient (Wildman–Crippen LogP) is 2.41. The van der Waals surface area contributed by atoms with Gasteiger partial charge in [0.15, 0.2) is 0 Å². The largest absolute Gasteiger partial charge is 0.465 e. The van der Waals surface area contributed by atoms with E-state index in [0.717, 1.165) is 0 Å². The van der Waals surface area contributed by atoms with Crippen LogP contribution in [0.3, 0.4) is 0 Å². The third kappa shape index (κ3) is 2.82. The summed E-state index contributed by atoms with van der Waals surface area (Å²) in [4.78, 5) is 23.0. The smallest absolute Gasteiger partial charge is 0.339 e. The number of halogens is 1. The van der Waals surface area contributed by atoms with Crippen molar-refractivity contribution < 1.29 is 19.1 Å². The molecule has 16 heavy (non-hydrogen) atoms. The number of methoxy groups -OCH3 is 1. The summed E-state index contributed by atoms with van der Waals surface area (Å²) >= 11 is 3.23. The van der Waals surface area contributed by atoms with Gasteiger partial charge in [-0.2, -0.15) is 0 Å². The van der Waals surface area contributed by atoms with E-state index in [9.17, 15) is 9.59 Å². The summed E-state index contributed by atoms with van der Waals surface area (Å²) < 4.78 is 10.1. The van der Waals surface area contributed by atoms with Crippen LogP contribution < -0.4 is 0 Å². The Labute approximate surface area is 102 Å². The fourth-order valence-electron chi connectivity index (χ4n) is 1.18. The second kappa shape index (κ2) is 5.65. The Bertz CT molecular complexity index is 414. The maximum Gasteiger partial charge on any atom is 0.339 e. The van der Waals surface area contributed by atoms with Crippen LogP contribution in [-0.4, -0.2) is 25.7 Å². The molecule has 0 bridgehead atoms. The van der Waals surface area contributed by atoms with E-state index in [4.69, 9.17) is 4.74 Å². The predicted molar refractivity (Wildman–Crippen MR) is 61.4 cm³/mol. The highest BCUT2D eigenvalue weighted by Gasteiger charge is 2.18. The van der Waals surface area contributed by atoms with Crippen molar-refractivity contribution in [2.75, 3.05) is 13.7 Å². The van der Waals surface area contributed by atoms with Gasteiger partial charge in [-0.25, -0.2) is 9.59 Å². The highest BCUT2D eigenvalue weighted by atomic mass is 79.9. The van der Waals surface area contributed by atoms with Gasteiger partial charge in [0.2, 0.25) is 0 Å². The van der Waals surface area contributed by atoms with E-state index in [1.54, 1.807) is 13.0 Å². The number of benzene rings is 1. The number of hydrogen-bond acceptors (Lipinski definition) is 4. The average Bonchev–Trinajstić information content (AvgIpc) is 2.28. The molecule has 0 amide bonds. The normalized spacial score (nSPS) is 9.69. The molecule has 86 valence electrons. The van der Waals surface area contributed by atoms with Crippen LogP contribution in [0.4, 0.5) is 0 Å². The van der Waals surface area contributed by atoms with Crippen LogP contribution in [0.15, 0.2) is 22.7 Å². The summed E-state index contributed by atoms with van der Waals surface area (Å²) in [6.07, 6.45) is 0. The Hall–Kier alpha value is -1.36. The molecule has 0 aliphatic heterocycles. The lowest BCUT2D eigenvalue weighted by atomic mass is 10.1. The van der Waals surface area contributed by atoms with Crippen LogP contribution in [0.5, 0.6) is 0 Å². The van der Waals surface area contributed by atoms with Crippen molar-refractivity contribution in [1.29, 1.82) is 0 Å². The molecular formula is C11H11BrO4. The molecule has 1 rings (SSSR count). The molecule has 0 saturated heterocycles. The van der Waals surface area contributed by atoms with E-state index >= 15 is 0 Å². The van der Waals surface area contributed by atoms with Gasteiger partial charge in [-0.15, -0.1) is 0 Å². The summed E-state index contributed by atoms with van der Waals surface area (Å²) in [7, 11) is 1.26. The molecule has 0 aromatic heterocycles. The van der Waals surface area contributed by atoms with Crippen molar-refractivity contribution in [2.24, 2.45) is 0 Å². The number of ether oxygens (including phenoxy) is 2. The molecule has 0 N–H and O–H groups in total. The quantitative estimate of drug-likeness (QED) is 0.801. The minimum Gasteiger partial charge on any atom is -0.465 e. The fourth-order valence-corrected chi connectivity index (χ4v) is 1.54. The second-order valence-electron chi connectivity index (χ2n) is 2.90. The zero-order chi connectivity index (χ0) is 12.1. The number of carbonyl (C=O) groups is 2. The van der Waals surface area contributed by atoms with Gasteiger partial charge in [-0.05, 0) is 25.1 Å². The summed E-state index contributed by atoms with van der Waals surface area (Å²) in [5.74, 6) is -1.10. The van der Waals surface area contributed by atoms with E-state index in [2.05, 4.69) is 20.7 Å². The van der Waals surface area contributed by atoms with Crippen molar-refractivity contribution in [3.8, 4) is 0 Å². The van der Waals surface area contributed by atoms with Crippen LogP contribution >= 0.6 is 15.9 Å². The highest BCUT2D eigenvalue weighted by Crippen LogP contribution is 2.18. The minimum absolute atomic E-state index is 0.197. The van der Waals surface area contributed by atoms with Gasteiger partial charge in [0.1, 0.15) is 0 Å². The third-order valence-electron chi connectivity index (χ3n) is 1.88. The van der Waals surface area contributed by atoms with E-state index in [1.807, 2.05) is 0 Å². The van der Waals surface area contributed by atoms with Crippen molar-refractivity contribution in [3.05, 3.63) is 33.8 Å². The van der Waals surface area contributed by atoms with Crippen molar-refractivity contribution in [1.82, 2.24) is 0 Å². The summed E-state index contributed by atoms with van der Waals surface area (Å²) in [6.45, 7) is 1.96. The Balaban J connectivity index is 3.17. The van der Waals surface area contributed by atoms with Crippen molar-refractivity contribution in [3.63, 3.8) is 0 Å². The molecule has 0 heterocycles. The molecule has 0 atom stereocenters. The van der Waals surface area contributed by atoms with Crippen molar-refractivity contribution >= 4 is 27.9 Å². The van der Waals surface area contributed by atoms with Gasteiger partial charge in [0, 0.05) is 4.47 Å². The van der Waals surface area contributed by atoms with Gasteiger partial charge in [0.05, 0.1) is 24.8 Å². The van der Waals surface area contributed by atoms with E-state index in [0.29, 0.717) is 4.47 Å². The lowest BCUT2D eigenvalue weighted by Crippen LogP contribution is -2.12. The first-order chi connectivity index (χ1) is 7.60. The summed E-state index contributed by atoms with van der Waals surface area (Å²) in [5.41, 5.74) is 0.396. The summed E-state index contributed by atoms with van der Waals surface area (Å²) in [5, 5.41) is 0. The van der Waals surface area contributed by atoms with Crippen LogP contribution in [0.1, 0.15) is 27.6 Å². The molecule has 0 unspecified atom stereocenters. The lowest BCUT2D eigenvalue weighted by molar-refractivity contribution is 0.0504. The number of hydrogen-bond donors (Lipinski definition) is 0. The Morgan fingerprint density at radius 1 is 1.25 bits per heavy atom. The van der Waals surface area contributed by atoms with Crippen LogP contribution in [0.25, 0.3) is 0 Å². The first-order valence-electron chi connectivity index (χ1n) is 4.65. The number of esters is 2. The SMILES string of the molecule is CCOC(=O)c1cc(Br)ccc1C(=O)OC. The molecule has 0 spiro atoms. The maximum absolute atomic E-state index is 11.6. The van der Waals surface area contributed by atoms with E-state index < -0.39 is 11.9 Å². The maximum atomic E-state index is 11.6. The second-order valence-corrected chi connectivity index (χ2v) is 3.82. The zero-order valence-corrected chi connectivity index (χ0v) is 10.5. The fraction of sp³-hybridized carbons (Fsp3) is 0.273. The van der Waals surface area contributed by atoms with Gasteiger partial charge >= 0.3 is 11.9 Å². The highest BCUT2D eigenvalue weighted by molar-refractivity contribution is 9.10. The van der Waals surface area contributed by atoms with E-state index in [1.165, 1.54) is 19.2 Å². The van der Waals surface area contributed by atoms with Gasteiger partial charge in [-0.3, -0.25) is 0 Å².